The molecule has 0 saturated carbocycles. The number of aliphatic hydroxyl groups excluding tert-OH is 1. The second-order valence-corrected chi connectivity index (χ2v) is 6.27. The number of nitrogens with one attached hydrogen (secondary N) is 1. The Labute approximate surface area is 137 Å². The van der Waals surface area contributed by atoms with E-state index in [2.05, 4.69) is 4.98 Å². The molecule has 2 heterocycles. The van der Waals surface area contributed by atoms with Gasteiger partial charge in [-0.3, -0.25) is 9.69 Å². The van der Waals surface area contributed by atoms with E-state index in [4.69, 9.17) is 0 Å². The van der Waals surface area contributed by atoms with E-state index in [0.29, 0.717) is 18.7 Å². The molecule has 2 aromatic rings. The molecule has 1 saturated heterocycles. The number of carbonyl (C=O) groups excluding carboxylic acids is 1. The first-order valence-corrected chi connectivity index (χ1v) is 7.92. The van der Waals surface area contributed by atoms with Gasteiger partial charge < -0.3 is 10.1 Å². The molecule has 1 atom stereocenters. The van der Waals surface area contributed by atoms with Crippen molar-refractivity contribution in [2.24, 2.45) is 5.92 Å². The molecule has 0 radical (unpaired) electrons. The minimum Gasteiger partial charge on any atom is -0.383 e. The summed E-state index contributed by atoms with van der Waals surface area (Å²) in [5.41, 5.74) is 1.48. The molecule has 0 bridgehead atoms. The molecular formula is C17H19F3N2O2. The Balaban J connectivity index is 1.59. The monoisotopic (exact) mass is 340 g/mol. The Morgan fingerprint density at radius 1 is 1.29 bits per heavy atom. The van der Waals surface area contributed by atoms with Crippen molar-refractivity contribution in [3.8, 4) is 0 Å². The predicted molar refractivity (Wildman–Crippen MR) is 83.9 cm³/mol. The molecule has 24 heavy (non-hydrogen) atoms. The van der Waals surface area contributed by atoms with Crippen LogP contribution in [0.5, 0.6) is 0 Å². The molecule has 2 N–H and O–H groups in total. The smallest absolute Gasteiger partial charge is 0.383 e. The number of H-pyrrole nitrogens is 1. The summed E-state index contributed by atoms with van der Waals surface area (Å²) in [6, 6.07) is 7.49. The number of nitrogens with zero attached hydrogens (tertiary/aromatic N) is 1. The Morgan fingerprint density at radius 2 is 1.96 bits per heavy atom. The number of para-hydroxylation sites is 1. The number of aromatic nitrogens is 1. The second kappa shape index (κ2) is 6.57. The quantitative estimate of drug-likeness (QED) is 0.842. The van der Waals surface area contributed by atoms with Gasteiger partial charge >= 0.3 is 6.18 Å². The van der Waals surface area contributed by atoms with E-state index in [-0.39, 0.29) is 25.2 Å². The summed E-state index contributed by atoms with van der Waals surface area (Å²) in [6.07, 6.45) is -4.70. The van der Waals surface area contributed by atoms with Gasteiger partial charge in [0.1, 0.15) is 0 Å². The lowest BCUT2D eigenvalue weighted by atomic mass is 9.90. The molecule has 1 unspecified atom stereocenters. The van der Waals surface area contributed by atoms with Gasteiger partial charge in [0.25, 0.3) is 0 Å². The van der Waals surface area contributed by atoms with E-state index in [0.717, 1.165) is 10.9 Å². The number of hydrogen-bond acceptors (Lipinski definition) is 3. The number of ketones is 1. The van der Waals surface area contributed by atoms with Crippen molar-refractivity contribution in [2.75, 3.05) is 19.6 Å². The van der Waals surface area contributed by atoms with Crippen molar-refractivity contribution in [3.63, 3.8) is 0 Å². The van der Waals surface area contributed by atoms with Crippen LogP contribution in [0.15, 0.2) is 30.5 Å². The normalized spacial score (nSPS) is 18.8. The van der Waals surface area contributed by atoms with Crippen molar-refractivity contribution in [1.29, 1.82) is 0 Å². The first-order valence-electron chi connectivity index (χ1n) is 7.92. The molecule has 0 aliphatic carbocycles. The molecule has 1 aromatic carbocycles. The van der Waals surface area contributed by atoms with Gasteiger partial charge in [-0.05, 0) is 37.9 Å². The van der Waals surface area contributed by atoms with Gasteiger partial charge in [-0.15, -0.1) is 0 Å². The summed E-state index contributed by atoms with van der Waals surface area (Å²) < 4.78 is 37.7. The number of benzene rings is 1. The Hall–Kier alpha value is -1.86. The molecule has 1 aliphatic rings. The van der Waals surface area contributed by atoms with Crippen LogP contribution in [0.1, 0.15) is 23.2 Å². The fraction of sp³-hybridized carbons (Fsp3) is 0.471. The van der Waals surface area contributed by atoms with E-state index in [1.54, 1.807) is 6.20 Å². The maximum absolute atomic E-state index is 12.6. The average molecular weight is 340 g/mol. The van der Waals surface area contributed by atoms with Crippen LogP contribution in [0.2, 0.25) is 0 Å². The zero-order valence-electron chi connectivity index (χ0n) is 13.0. The molecule has 0 spiro atoms. The van der Waals surface area contributed by atoms with E-state index >= 15 is 0 Å². The third-order valence-electron chi connectivity index (χ3n) is 4.67. The van der Waals surface area contributed by atoms with Gasteiger partial charge in [0.05, 0.1) is 6.54 Å². The number of likely N-dealkylation sites (tertiary alicyclic amines) is 1. The number of aliphatic hydroxyl groups is 1. The summed E-state index contributed by atoms with van der Waals surface area (Å²) in [4.78, 5) is 17.4. The van der Waals surface area contributed by atoms with Gasteiger partial charge in [-0.1, -0.05) is 18.2 Å². The number of halogens is 3. The predicted octanol–water partition coefficient (Wildman–Crippen LogP) is 2.99. The summed E-state index contributed by atoms with van der Waals surface area (Å²) in [5.74, 6) is -0.841. The van der Waals surface area contributed by atoms with Crippen molar-refractivity contribution in [3.05, 3.63) is 36.0 Å². The van der Waals surface area contributed by atoms with Crippen molar-refractivity contribution >= 4 is 16.7 Å². The highest BCUT2D eigenvalue weighted by Gasteiger charge is 2.44. The van der Waals surface area contributed by atoms with E-state index in [9.17, 15) is 23.1 Å². The number of piperidine rings is 1. The SMILES string of the molecule is O=C(CN1CCC(C(O)C(F)(F)F)CC1)c1c[nH]c2ccccc12. The molecule has 4 nitrogen and oxygen atoms in total. The van der Waals surface area contributed by atoms with Crippen LogP contribution >= 0.6 is 0 Å². The molecule has 1 aliphatic heterocycles. The number of alkyl halides is 3. The van der Waals surface area contributed by atoms with Crippen molar-refractivity contribution in [2.45, 2.75) is 25.1 Å². The molecule has 0 amide bonds. The van der Waals surface area contributed by atoms with Gasteiger partial charge in [0, 0.05) is 22.7 Å². The topological polar surface area (TPSA) is 56.3 Å². The molecule has 3 rings (SSSR count). The fourth-order valence-corrected chi connectivity index (χ4v) is 3.28. The highest BCUT2D eigenvalue weighted by molar-refractivity contribution is 6.08. The maximum Gasteiger partial charge on any atom is 0.414 e. The highest BCUT2D eigenvalue weighted by Crippen LogP contribution is 2.31. The standard InChI is InChI=1S/C17H19F3N2O2/c18-17(19,20)16(24)11-5-7-22(8-6-11)10-15(23)13-9-21-14-4-2-1-3-12(13)14/h1-4,9,11,16,21,24H,5-8,10H2. The third-order valence-corrected chi connectivity index (χ3v) is 4.67. The fourth-order valence-electron chi connectivity index (χ4n) is 3.28. The minimum absolute atomic E-state index is 0.0535. The first kappa shape index (κ1) is 17.0. The number of Topliss-reactive ketones (excluding diaryl/α,β-unsaturated/α-hetero) is 1. The van der Waals surface area contributed by atoms with E-state index in [1.807, 2.05) is 29.2 Å². The lowest BCUT2D eigenvalue weighted by Crippen LogP contribution is -2.44. The number of carbonyl (C=O) groups is 1. The molecular weight excluding hydrogens is 321 g/mol. The van der Waals surface area contributed by atoms with Gasteiger partial charge in [0.2, 0.25) is 0 Å². The van der Waals surface area contributed by atoms with Gasteiger partial charge in [0.15, 0.2) is 11.9 Å². The van der Waals surface area contributed by atoms with Gasteiger partial charge in [-0.25, -0.2) is 0 Å². The van der Waals surface area contributed by atoms with Crippen LogP contribution in [0.3, 0.4) is 0 Å². The average Bonchev–Trinajstić information content (AvgIpc) is 2.98. The van der Waals surface area contributed by atoms with E-state index in [1.165, 1.54) is 0 Å². The van der Waals surface area contributed by atoms with Crippen molar-refractivity contribution in [1.82, 2.24) is 9.88 Å². The minimum atomic E-state index is -4.58. The van der Waals surface area contributed by atoms with Crippen LogP contribution in [-0.4, -0.2) is 52.7 Å². The number of aromatic amines is 1. The van der Waals surface area contributed by atoms with Crippen molar-refractivity contribution < 1.29 is 23.1 Å². The van der Waals surface area contributed by atoms with Crippen LogP contribution < -0.4 is 0 Å². The molecule has 1 aromatic heterocycles. The lowest BCUT2D eigenvalue weighted by molar-refractivity contribution is -0.222. The number of rotatable bonds is 4. The molecule has 1 fully saturated rings. The Kier molecular flexibility index (Phi) is 4.64. The first-order chi connectivity index (χ1) is 11.4. The number of hydrogen-bond donors (Lipinski definition) is 2. The zero-order valence-corrected chi connectivity index (χ0v) is 13.0. The van der Waals surface area contributed by atoms with E-state index < -0.39 is 18.2 Å². The summed E-state index contributed by atoms with van der Waals surface area (Å²) in [6.45, 7) is 0.939. The Morgan fingerprint density at radius 3 is 2.62 bits per heavy atom. The summed E-state index contributed by atoms with van der Waals surface area (Å²) in [7, 11) is 0. The van der Waals surface area contributed by atoms with Crippen LogP contribution in [0, 0.1) is 5.92 Å². The highest BCUT2D eigenvalue weighted by atomic mass is 19.4. The third kappa shape index (κ3) is 3.47. The second-order valence-electron chi connectivity index (χ2n) is 6.27. The molecule has 130 valence electrons. The van der Waals surface area contributed by atoms with Crippen LogP contribution in [0.25, 0.3) is 10.9 Å². The lowest BCUT2D eigenvalue weighted by Gasteiger charge is -2.34. The largest absolute Gasteiger partial charge is 0.414 e. The zero-order chi connectivity index (χ0) is 17.3. The van der Waals surface area contributed by atoms with Gasteiger partial charge in [-0.2, -0.15) is 13.2 Å². The number of fused-ring (bicyclic) bond motifs is 1. The maximum atomic E-state index is 12.6. The Bertz CT molecular complexity index is 718. The van der Waals surface area contributed by atoms with Crippen LogP contribution in [0.4, 0.5) is 13.2 Å². The summed E-state index contributed by atoms with van der Waals surface area (Å²) >= 11 is 0. The van der Waals surface area contributed by atoms with Crippen LogP contribution in [-0.2, 0) is 0 Å². The summed E-state index contributed by atoms with van der Waals surface area (Å²) in [5, 5.41) is 10.2. The molecule has 7 heteroatoms.